The lowest BCUT2D eigenvalue weighted by Crippen LogP contribution is -2.37. The topological polar surface area (TPSA) is 60.3 Å². The summed E-state index contributed by atoms with van der Waals surface area (Å²) in [5, 5.41) is 11.1. The van der Waals surface area contributed by atoms with Gasteiger partial charge in [0.15, 0.2) is 17.5 Å². The molecule has 0 aliphatic carbocycles. The summed E-state index contributed by atoms with van der Waals surface area (Å²) >= 11 is 0. The Hall–Kier alpha value is -2.68. The van der Waals surface area contributed by atoms with E-state index in [1.165, 1.54) is 14.2 Å². The molecule has 0 spiro atoms. The Morgan fingerprint density at radius 3 is 2.53 bits per heavy atom. The van der Waals surface area contributed by atoms with Crippen molar-refractivity contribution in [2.24, 2.45) is 5.92 Å². The summed E-state index contributed by atoms with van der Waals surface area (Å²) in [7, 11) is 3.03. The predicted octanol–water partition coefficient (Wildman–Crippen LogP) is 4.96. The summed E-state index contributed by atoms with van der Waals surface area (Å²) in [6, 6.07) is 4.96. The number of ether oxygens (including phenoxy) is 2. The van der Waals surface area contributed by atoms with Crippen LogP contribution in [0.5, 0.6) is 11.5 Å². The van der Waals surface area contributed by atoms with Gasteiger partial charge in [-0.2, -0.15) is 18.3 Å². The van der Waals surface area contributed by atoms with E-state index >= 15 is 0 Å². The van der Waals surface area contributed by atoms with Crippen LogP contribution in [0.2, 0.25) is 0 Å². The lowest BCUT2D eigenvalue weighted by atomic mass is 9.92. The minimum atomic E-state index is -4.42. The zero-order chi connectivity index (χ0) is 23.0. The standard InChI is InChI=1S/C23H29F3N4O2/c1-13(2)16-9-15(7-8-27-16)18-12-22-28-17(11-21(23(24,25)26)30(22)29-18)14-5-6-19(31-3)20(10-14)32-4/h5-7,10,12-13,16-17,21,27-28H,8-9,11H2,1-4H3. The number of alkyl halides is 3. The van der Waals surface area contributed by atoms with Gasteiger partial charge in [-0.05, 0) is 35.6 Å². The Morgan fingerprint density at radius 2 is 1.88 bits per heavy atom. The van der Waals surface area contributed by atoms with E-state index in [0.29, 0.717) is 41.0 Å². The van der Waals surface area contributed by atoms with Gasteiger partial charge < -0.3 is 20.1 Å². The second-order valence-corrected chi connectivity index (χ2v) is 8.66. The summed E-state index contributed by atoms with van der Waals surface area (Å²) in [6.45, 7) is 4.95. The second kappa shape index (κ2) is 8.69. The van der Waals surface area contributed by atoms with Gasteiger partial charge in [0.05, 0.1) is 26.0 Å². The quantitative estimate of drug-likeness (QED) is 0.674. The molecule has 32 heavy (non-hydrogen) atoms. The molecule has 0 saturated carbocycles. The van der Waals surface area contributed by atoms with Crippen molar-refractivity contribution >= 4 is 11.4 Å². The van der Waals surface area contributed by atoms with E-state index in [2.05, 4.69) is 29.6 Å². The van der Waals surface area contributed by atoms with Gasteiger partial charge in [-0.3, -0.25) is 0 Å². The fourth-order valence-electron chi connectivity index (χ4n) is 4.43. The van der Waals surface area contributed by atoms with Crippen LogP contribution < -0.4 is 20.1 Å². The van der Waals surface area contributed by atoms with E-state index in [1.54, 1.807) is 24.3 Å². The van der Waals surface area contributed by atoms with Gasteiger partial charge in [-0.25, -0.2) is 4.68 Å². The van der Waals surface area contributed by atoms with E-state index < -0.39 is 18.3 Å². The smallest absolute Gasteiger partial charge is 0.410 e. The number of nitrogens with one attached hydrogen (secondary N) is 2. The molecule has 0 bridgehead atoms. The van der Waals surface area contributed by atoms with Crippen molar-refractivity contribution in [2.75, 3.05) is 26.1 Å². The van der Waals surface area contributed by atoms with Gasteiger partial charge in [0.25, 0.3) is 0 Å². The van der Waals surface area contributed by atoms with E-state index in [4.69, 9.17) is 9.47 Å². The maximum atomic E-state index is 14.0. The third-order valence-electron chi connectivity index (χ3n) is 6.30. The number of nitrogens with zero attached hydrogens (tertiary/aromatic N) is 2. The Kier molecular flexibility index (Phi) is 6.11. The predicted molar refractivity (Wildman–Crippen MR) is 117 cm³/mol. The van der Waals surface area contributed by atoms with E-state index in [1.807, 2.05) is 6.08 Å². The van der Waals surface area contributed by atoms with Crippen LogP contribution in [0.4, 0.5) is 19.0 Å². The van der Waals surface area contributed by atoms with Gasteiger partial charge in [-0.1, -0.05) is 26.0 Å². The van der Waals surface area contributed by atoms with Crippen molar-refractivity contribution in [3.8, 4) is 11.5 Å². The Morgan fingerprint density at radius 1 is 1.12 bits per heavy atom. The third-order valence-corrected chi connectivity index (χ3v) is 6.30. The number of fused-ring (bicyclic) bond motifs is 1. The van der Waals surface area contributed by atoms with Gasteiger partial charge >= 0.3 is 6.18 Å². The monoisotopic (exact) mass is 450 g/mol. The van der Waals surface area contributed by atoms with Crippen molar-refractivity contribution in [2.45, 2.75) is 51.0 Å². The first-order valence-electron chi connectivity index (χ1n) is 10.8. The number of hydrogen-bond acceptors (Lipinski definition) is 5. The molecule has 174 valence electrons. The highest BCUT2D eigenvalue weighted by molar-refractivity contribution is 5.67. The molecule has 2 aliphatic rings. The van der Waals surface area contributed by atoms with Gasteiger partial charge in [0, 0.05) is 25.1 Å². The minimum Gasteiger partial charge on any atom is -0.493 e. The van der Waals surface area contributed by atoms with Crippen LogP contribution in [0.1, 0.15) is 50.0 Å². The fourth-order valence-corrected chi connectivity index (χ4v) is 4.43. The first-order valence-corrected chi connectivity index (χ1v) is 10.8. The highest BCUT2D eigenvalue weighted by atomic mass is 19.4. The maximum absolute atomic E-state index is 14.0. The molecule has 3 unspecified atom stereocenters. The minimum absolute atomic E-state index is 0.164. The Labute approximate surface area is 185 Å². The summed E-state index contributed by atoms with van der Waals surface area (Å²) in [4.78, 5) is 0. The number of halogens is 3. The lowest BCUT2D eigenvalue weighted by Gasteiger charge is -2.33. The van der Waals surface area contributed by atoms with Crippen LogP contribution in [-0.2, 0) is 0 Å². The summed E-state index contributed by atoms with van der Waals surface area (Å²) in [5.74, 6) is 1.80. The largest absolute Gasteiger partial charge is 0.493 e. The molecule has 2 aromatic rings. The molecule has 0 amide bonds. The van der Waals surface area contributed by atoms with Crippen molar-refractivity contribution < 1.29 is 22.6 Å². The highest BCUT2D eigenvalue weighted by Crippen LogP contribution is 2.45. The molecular formula is C23H29F3N4O2. The molecular weight excluding hydrogens is 421 g/mol. The average Bonchev–Trinajstić information content (AvgIpc) is 3.21. The van der Waals surface area contributed by atoms with Crippen LogP contribution in [-0.4, -0.2) is 42.8 Å². The fraction of sp³-hybridized carbons (Fsp3) is 0.522. The number of anilines is 1. The van der Waals surface area contributed by atoms with Gasteiger partial charge in [0.1, 0.15) is 5.82 Å². The molecule has 2 aliphatic heterocycles. The molecule has 3 atom stereocenters. The SMILES string of the molecule is COc1ccc(C2CC(C(F)(F)F)n3nc(C4=CCNC(C(C)C)C4)cc3N2)cc1OC. The normalized spacial score (nSPS) is 23.4. The maximum Gasteiger partial charge on any atom is 0.410 e. The van der Waals surface area contributed by atoms with Crippen LogP contribution in [0.15, 0.2) is 30.3 Å². The number of hydrogen-bond donors (Lipinski definition) is 2. The Bertz CT molecular complexity index is 1000. The third kappa shape index (κ3) is 4.30. The summed E-state index contributed by atoms with van der Waals surface area (Å²) in [5.41, 5.74) is 2.28. The number of benzene rings is 1. The molecule has 4 rings (SSSR count). The molecule has 3 heterocycles. The average molecular weight is 451 g/mol. The first-order chi connectivity index (χ1) is 15.2. The molecule has 0 fully saturated rings. The summed E-state index contributed by atoms with van der Waals surface area (Å²) in [6.07, 6.45) is -1.83. The van der Waals surface area contributed by atoms with E-state index in [-0.39, 0.29) is 12.5 Å². The van der Waals surface area contributed by atoms with Crippen LogP contribution in [0.25, 0.3) is 5.57 Å². The van der Waals surface area contributed by atoms with Gasteiger partial charge in [-0.15, -0.1) is 0 Å². The van der Waals surface area contributed by atoms with Crippen LogP contribution in [0, 0.1) is 5.92 Å². The van der Waals surface area contributed by atoms with Crippen molar-refractivity contribution in [3.05, 3.63) is 41.6 Å². The molecule has 1 aromatic carbocycles. The van der Waals surface area contributed by atoms with Crippen LogP contribution >= 0.6 is 0 Å². The lowest BCUT2D eigenvalue weighted by molar-refractivity contribution is -0.173. The van der Waals surface area contributed by atoms with Gasteiger partial charge in [0.2, 0.25) is 0 Å². The van der Waals surface area contributed by atoms with E-state index in [0.717, 1.165) is 16.7 Å². The molecule has 9 heteroatoms. The summed E-state index contributed by atoms with van der Waals surface area (Å²) < 4.78 is 53.8. The number of methoxy groups -OCH3 is 2. The zero-order valence-electron chi connectivity index (χ0n) is 18.7. The van der Waals surface area contributed by atoms with Crippen molar-refractivity contribution in [1.29, 1.82) is 0 Å². The van der Waals surface area contributed by atoms with Crippen LogP contribution in [0.3, 0.4) is 0 Å². The van der Waals surface area contributed by atoms with Crippen molar-refractivity contribution in [3.63, 3.8) is 0 Å². The molecule has 0 saturated heterocycles. The number of aromatic nitrogens is 2. The van der Waals surface area contributed by atoms with E-state index in [9.17, 15) is 13.2 Å². The van der Waals surface area contributed by atoms with Crippen molar-refractivity contribution in [1.82, 2.24) is 15.1 Å². The molecule has 1 aromatic heterocycles. The highest BCUT2D eigenvalue weighted by Gasteiger charge is 2.46. The molecule has 2 N–H and O–H groups in total. The number of rotatable bonds is 5. The first kappa shape index (κ1) is 22.5. The zero-order valence-corrected chi connectivity index (χ0v) is 18.7. The molecule has 6 nitrogen and oxygen atoms in total. The second-order valence-electron chi connectivity index (χ2n) is 8.66. The molecule has 0 radical (unpaired) electrons. The Balaban J connectivity index is 1.68.